The highest BCUT2D eigenvalue weighted by molar-refractivity contribution is 5.69. The van der Waals surface area contributed by atoms with Crippen molar-refractivity contribution in [2.75, 3.05) is 6.54 Å². The number of aromatic hydroxyl groups is 1. The van der Waals surface area contributed by atoms with Gasteiger partial charge in [-0.3, -0.25) is 0 Å². The van der Waals surface area contributed by atoms with E-state index in [-0.39, 0.29) is 11.6 Å². The minimum Gasteiger partial charge on any atom is -0.508 e. The summed E-state index contributed by atoms with van der Waals surface area (Å²) in [5.41, 5.74) is 8.13. The normalized spacial score (nSPS) is 10.5. The molecule has 0 heterocycles. The lowest BCUT2D eigenvalue weighted by molar-refractivity contribution is 0.475. The van der Waals surface area contributed by atoms with Gasteiger partial charge >= 0.3 is 0 Å². The van der Waals surface area contributed by atoms with Gasteiger partial charge in [-0.1, -0.05) is 18.2 Å². The number of phenolic OH excluding ortho intramolecular Hbond substituents is 1. The first-order valence-electron chi connectivity index (χ1n) is 5.48. The van der Waals surface area contributed by atoms with Crippen molar-refractivity contribution in [1.29, 1.82) is 0 Å². The third-order valence-corrected chi connectivity index (χ3v) is 2.64. The SMILES string of the molecule is NCCc1ccc(O)cc1-c1cccc(F)c1. The van der Waals surface area contributed by atoms with Crippen molar-refractivity contribution in [3.05, 3.63) is 53.8 Å². The van der Waals surface area contributed by atoms with E-state index in [0.29, 0.717) is 13.0 Å². The van der Waals surface area contributed by atoms with Crippen LogP contribution in [0.3, 0.4) is 0 Å². The second kappa shape index (κ2) is 4.97. The molecule has 0 amide bonds. The molecule has 0 aliphatic heterocycles. The Balaban J connectivity index is 2.52. The lowest BCUT2D eigenvalue weighted by atomic mass is 9.97. The number of nitrogens with two attached hydrogens (primary N) is 1. The smallest absolute Gasteiger partial charge is 0.123 e. The molecule has 0 aromatic heterocycles. The van der Waals surface area contributed by atoms with Gasteiger partial charge in [0.05, 0.1) is 0 Å². The molecule has 3 heteroatoms. The lowest BCUT2D eigenvalue weighted by Gasteiger charge is -2.09. The summed E-state index contributed by atoms with van der Waals surface area (Å²) in [6, 6.07) is 11.4. The molecule has 2 nitrogen and oxygen atoms in total. The van der Waals surface area contributed by atoms with E-state index in [9.17, 15) is 9.50 Å². The van der Waals surface area contributed by atoms with Crippen molar-refractivity contribution in [2.24, 2.45) is 5.73 Å². The zero-order valence-corrected chi connectivity index (χ0v) is 9.36. The quantitative estimate of drug-likeness (QED) is 0.853. The van der Waals surface area contributed by atoms with Crippen LogP contribution in [0, 0.1) is 5.82 Å². The molecular formula is C14H14FNO. The Kier molecular flexibility index (Phi) is 3.40. The third-order valence-electron chi connectivity index (χ3n) is 2.64. The summed E-state index contributed by atoms with van der Waals surface area (Å²) in [4.78, 5) is 0. The molecular weight excluding hydrogens is 217 g/mol. The molecule has 0 atom stereocenters. The zero-order chi connectivity index (χ0) is 12.3. The van der Waals surface area contributed by atoms with Gasteiger partial charge in [0.15, 0.2) is 0 Å². The maximum Gasteiger partial charge on any atom is 0.123 e. The minimum absolute atomic E-state index is 0.171. The molecule has 2 aromatic carbocycles. The Labute approximate surface area is 99.5 Å². The molecule has 0 aliphatic carbocycles. The van der Waals surface area contributed by atoms with Crippen LogP contribution in [0.25, 0.3) is 11.1 Å². The Morgan fingerprint density at radius 3 is 2.65 bits per heavy atom. The Bertz CT molecular complexity index is 525. The van der Waals surface area contributed by atoms with Crippen LogP contribution >= 0.6 is 0 Å². The third kappa shape index (κ3) is 2.63. The van der Waals surface area contributed by atoms with Crippen LogP contribution < -0.4 is 5.73 Å². The Morgan fingerprint density at radius 1 is 1.12 bits per heavy atom. The van der Waals surface area contributed by atoms with Gasteiger partial charge in [0.2, 0.25) is 0 Å². The molecule has 0 saturated heterocycles. The van der Waals surface area contributed by atoms with E-state index >= 15 is 0 Å². The molecule has 0 fully saturated rings. The highest BCUT2D eigenvalue weighted by Crippen LogP contribution is 2.28. The molecule has 0 unspecified atom stereocenters. The molecule has 17 heavy (non-hydrogen) atoms. The number of halogens is 1. The van der Waals surface area contributed by atoms with Crippen LogP contribution in [0.1, 0.15) is 5.56 Å². The van der Waals surface area contributed by atoms with Crippen molar-refractivity contribution in [1.82, 2.24) is 0 Å². The standard InChI is InChI=1S/C14H14FNO/c15-12-3-1-2-11(8-12)14-9-13(17)5-4-10(14)6-7-16/h1-5,8-9,17H,6-7,16H2. The molecule has 2 aromatic rings. The van der Waals surface area contributed by atoms with Gasteiger partial charge in [-0.15, -0.1) is 0 Å². The zero-order valence-electron chi connectivity index (χ0n) is 9.36. The lowest BCUT2D eigenvalue weighted by Crippen LogP contribution is -2.03. The summed E-state index contributed by atoms with van der Waals surface area (Å²) in [5.74, 6) is -0.116. The summed E-state index contributed by atoms with van der Waals surface area (Å²) < 4.78 is 13.2. The molecule has 88 valence electrons. The monoisotopic (exact) mass is 231 g/mol. The number of hydrogen-bond acceptors (Lipinski definition) is 2. The molecule has 3 N–H and O–H groups in total. The molecule has 0 spiro atoms. The van der Waals surface area contributed by atoms with E-state index in [1.165, 1.54) is 12.1 Å². The second-order valence-corrected chi connectivity index (χ2v) is 3.89. The summed E-state index contributed by atoms with van der Waals surface area (Å²) in [7, 11) is 0. The average Bonchev–Trinajstić information content (AvgIpc) is 2.32. The van der Waals surface area contributed by atoms with Crippen molar-refractivity contribution < 1.29 is 9.50 Å². The molecule has 0 aliphatic rings. The Hall–Kier alpha value is -1.87. The van der Waals surface area contributed by atoms with Crippen LogP contribution in [0.15, 0.2) is 42.5 Å². The van der Waals surface area contributed by atoms with Crippen molar-refractivity contribution in [3.8, 4) is 16.9 Å². The van der Waals surface area contributed by atoms with E-state index in [2.05, 4.69) is 0 Å². The van der Waals surface area contributed by atoms with Crippen LogP contribution in [0.4, 0.5) is 4.39 Å². The summed E-state index contributed by atoms with van der Waals surface area (Å²) in [6.07, 6.45) is 0.701. The molecule has 0 bridgehead atoms. The first kappa shape index (κ1) is 11.6. The molecule has 2 rings (SSSR count). The fourth-order valence-electron chi connectivity index (χ4n) is 1.86. The van der Waals surface area contributed by atoms with Gasteiger partial charge in [-0.2, -0.15) is 0 Å². The van der Waals surface area contributed by atoms with Gasteiger partial charge in [0.1, 0.15) is 11.6 Å². The summed E-state index contributed by atoms with van der Waals surface area (Å²) in [6.45, 7) is 0.521. The predicted octanol–water partition coefficient (Wildman–Crippen LogP) is 2.70. The number of hydrogen-bond donors (Lipinski definition) is 2. The van der Waals surface area contributed by atoms with Crippen molar-refractivity contribution in [2.45, 2.75) is 6.42 Å². The number of rotatable bonds is 3. The molecule has 0 radical (unpaired) electrons. The fourth-order valence-corrected chi connectivity index (χ4v) is 1.86. The van der Waals surface area contributed by atoms with Gasteiger partial charge < -0.3 is 10.8 Å². The van der Waals surface area contributed by atoms with E-state index in [1.807, 2.05) is 12.1 Å². The van der Waals surface area contributed by atoms with Crippen LogP contribution in [-0.2, 0) is 6.42 Å². The first-order valence-corrected chi connectivity index (χ1v) is 5.48. The van der Waals surface area contributed by atoms with Gasteiger partial charge in [-0.05, 0) is 53.9 Å². The average molecular weight is 231 g/mol. The van der Waals surface area contributed by atoms with Crippen molar-refractivity contribution >= 4 is 0 Å². The van der Waals surface area contributed by atoms with Crippen LogP contribution in [0.5, 0.6) is 5.75 Å². The maximum atomic E-state index is 13.2. The van der Waals surface area contributed by atoms with E-state index in [1.54, 1.807) is 18.2 Å². The van der Waals surface area contributed by atoms with E-state index < -0.39 is 0 Å². The minimum atomic E-state index is -0.287. The van der Waals surface area contributed by atoms with Gasteiger partial charge in [-0.25, -0.2) is 4.39 Å². The number of benzene rings is 2. The summed E-state index contributed by atoms with van der Waals surface area (Å²) in [5, 5.41) is 9.51. The highest BCUT2D eigenvalue weighted by Gasteiger charge is 2.06. The van der Waals surface area contributed by atoms with Gasteiger partial charge in [0, 0.05) is 0 Å². The first-order chi connectivity index (χ1) is 8.20. The second-order valence-electron chi connectivity index (χ2n) is 3.89. The van der Waals surface area contributed by atoms with Crippen molar-refractivity contribution in [3.63, 3.8) is 0 Å². The topological polar surface area (TPSA) is 46.2 Å². The maximum absolute atomic E-state index is 13.2. The highest BCUT2D eigenvalue weighted by atomic mass is 19.1. The van der Waals surface area contributed by atoms with E-state index in [4.69, 9.17) is 5.73 Å². The predicted molar refractivity (Wildman–Crippen MR) is 66.3 cm³/mol. The van der Waals surface area contributed by atoms with Gasteiger partial charge in [0.25, 0.3) is 0 Å². The number of phenols is 1. The van der Waals surface area contributed by atoms with Crippen LogP contribution in [-0.4, -0.2) is 11.7 Å². The largest absolute Gasteiger partial charge is 0.508 e. The molecule has 0 saturated carbocycles. The fraction of sp³-hybridized carbons (Fsp3) is 0.143. The van der Waals surface area contributed by atoms with E-state index in [0.717, 1.165) is 16.7 Å². The van der Waals surface area contributed by atoms with Crippen LogP contribution in [0.2, 0.25) is 0 Å². The Morgan fingerprint density at radius 2 is 1.94 bits per heavy atom. The summed E-state index contributed by atoms with van der Waals surface area (Å²) >= 11 is 0.